The van der Waals surface area contributed by atoms with Crippen LogP contribution in [0.15, 0.2) is 73.3 Å². The Bertz CT molecular complexity index is 1280. The molecule has 0 radical (unpaired) electrons. The summed E-state index contributed by atoms with van der Waals surface area (Å²) in [4.78, 5) is 10.8. The number of hydrogen-bond donors (Lipinski definition) is 2. The second kappa shape index (κ2) is 13.4. The van der Waals surface area contributed by atoms with E-state index in [0.717, 1.165) is 17.0 Å². The van der Waals surface area contributed by atoms with E-state index in [1.165, 1.54) is 26.0 Å². The number of carboxylic acids is 1. The third-order valence-corrected chi connectivity index (χ3v) is 6.90. The molecule has 1 aliphatic rings. The largest absolute Gasteiger partial charge is 0.497 e. The molecule has 0 saturated heterocycles. The fourth-order valence-electron chi connectivity index (χ4n) is 3.90. The maximum atomic E-state index is 14.8. The van der Waals surface area contributed by atoms with Crippen LogP contribution in [0.5, 0.6) is 11.5 Å². The normalized spacial score (nSPS) is 13.6. The van der Waals surface area contributed by atoms with Crippen LogP contribution in [0.4, 0.5) is 4.39 Å². The molecule has 0 aliphatic heterocycles. The van der Waals surface area contributed by atoms with Gasteiger partial charge in [-0.3, -0.25) is 4.79 Å². The predicted octanol–water partition coefficient (Wildman–Crippen LogP) is 7.76. The minimum Gasteiger partial charge on any atom is -0.497 e. The van der Waals surface area contributed by atoms with E-state index < -0.39 is 23.3 Å². The maximum Gasteiger partial charge on any atom is 0.303 e. The van der Waals surface area contributed by atoms with Crippen molar-refractivity contribution >= 4 is 5.97 Å². The molecule has 0 amide bonds. The lowest BCUT2D eigenvalue weighted by atomic mass is 9.79. The monoisotopic (exact) mass is 534 g/mol. The second-order valence-corrected chi connectivity index (χ2v) is 10.7. The van der Waals surface area contributed by atoms with Gasteiger partial charge in [0.15, 0.2) is 0 Å². The lowest BCUT2D eigenvalue weighted by Gasteiger charge is -2.29. The summed E-state index contributed by atoms with van der Waals surface area (Å²) in [5, 5.41) is 20.1. The molecule has 2 N–H and O–H groups in total. The third-order valence-electron chi connectivity index (χ3n) is 6.90. The van der Waals surface area contributed by atoms with Crippen molar-refractivity contribution in [1.29, 1.82) is 0 Å². The number of aryl methyl sites for hydroxylation is 1. The molecule has 0 spiro atoms. The van der Waals surface area contributed by atoms with E-state index >= 15 is 0 Å². The summed E-state index contributed by atoms with van der Waals surface area (Å²) in [7, 11) is 1.52. The number of ether oxygens (including phenoxy) is 2. The lowest BCUT2D eigenvalue weighted by Crippen LogP contribution is -2.20. The van der Waals surface area contributed by atoms with Crippen LogP contribution >= 0.6 is 0 Å². The Labute approximate surface area is 230 Å². The van der Waals surface area contributed by atoms with Crippen LogP contribution in [0.25, 0.3) is 11.1 Å². The van der Waals surface area contributed by atoms with Crippen LogP contribution in [-0.2, 0) is 17.8 Å². The molecule has 4 rings (SSSR count). The van der Waals surface area contributed by atoms with Gasteiger partial charge in [0.1, 0.15) is 23.9 Å². The zero-order valence-electron chi connectivity index (χ0n) is 23.2. The SMILES string of the molecule is C=CC(C)(C)C(O)c1cc(COc2cccc(CCC(=O)O)c2)ccc1-c1cc(OC)ccc1F.CC1CC1. The quantitative estimate of drug-likeness (QED) is 0.246. The first-order chi connectivity index (χ1) is 18.5. The molecule has 3 aromatic rings. The number of carbonyl (C=O) groups is 1. The number of aliphatic carboxylic acids is 1. The minimum absolute atomic E-state index is 0.0477. The molecule has 0 aromatic heterocycles. The van der Waals surface area contributed by atoms with E-state index in [9.17, 15) is 14.3 Å². The molecular formula is C33H39FO5. The van der Waals surface area contributed by atoms with Gasteiger partial charge in [-0.15, -0.1) is 6.58 Å². The molecule has 3 aromatic carbocycles. The summed E-state index contributed by atoms with van der Waals surface area (Å²) in [6.45, 7) is 10.1. The number of carboxylic acid groups (broad SMARTS) is 1. The van der Waals surface area contributed by atoms with Crippen LogP contribution in [0.2, 0.25) is 0 Å². The summed E-state index contributed by atoms with van der Waals surface area (Å²) in [5.41, 5.74) is 2.44. The van der Waals surface area contributed by atoms with E-state index in [1.807, 2.05) is 44.2 Å². The van der Waals surface area contributed by atoms with E-state index in [0.29, 0.717) is 34.6 Å². The van der Waals surface area contributed by atoms with E-state index in [-0.39, 0.29) is 13.0 Å². The second-order valence-electron chi connectivity index (χ2n) is 10.7. The van der Waals surface area contributed by atoms with Gasteiger partial charge in [0.05, 0.1) is 13.2 Å². The lowest BCUT2D eigenvalue weighted by molar-refractivity contribution is -0.136. The Kier molecular flexibility index (Phi) is 10.3. The highest BCUT2D eigenvalue weighted by atomic mass is 19.1. The third kappa shape index (κ3) is 8.69. The van der Waals surface area contributed by atoms with Crippen molar-refractivity contribution in [3.63, 3.8) is 0 Å². The van der Waals surface area contributed by atoms with Crippen molar-refractivity contribution in [3.05, 3.63) is 95.8 Å². The highest BCUT2D eigenvalue weighted by Gasteiger charge is 2.29. The van der Waals surface area contributed by atoms with Crippen molar-refractivity contribution < 1.29 is 28.9 Å². The molecule has 0 heterocycles. The molecule has 1 aliphatic carbocycles. The molecule has 1 atom stereocenters. The van der Waals surface area contributed by atoms with Gasteiger partial charge in [0.2, 0.25) is 0 Å². The molecule has 1 fully saturated rings. The zero-order valence-corrected chi connectivity index (χ0v) is 23.2. The Morgan fingerprint density at radius 3 is 2.41 bits per heavy atom. The van der Waals surface area contributed by atoms with Crippen molar-refractivity contribution in [2.75, 3.05) is 7.11 Å². The van der Waals surface area contributed by atoms with Crippen LogP contribution in [0.1, 0.15) is 62.8 Å². The van der Waals surface area contributed by atoms with Gasteiger partial charge < -0.3 is 19.7 Å². The number of benzene rings is 3. The van der Waals surface area contributed by atoms with Gasteiger partial charge in [-0.2, -0.15) is 0 Å². The number of aliphatic hydroxyl groups is 1. The molecule has 1 saturated carbocycles. The number of rotatable bonds is 11. The standard InChI is InChI=1S/C29H31FO5.C4H8/c1-5-29(2,3)28(33)25-16-20(9-12-23(25)24-17-21(34-4)11-13-26(24)30)18-35-22-8-6-7-19(15-22)10-14-27(31)32;1-4-2-3-4/h5-9,11-13,15-17,28,33H,1,10,14,18H2,2-4H3,(H,31,32);4H,2-3H2,1H3. The maximum absolute atomic E-state index is 14.8. The average Bonchev–Trinajstić information content (AvgIpc) is 3.73. The van der Waals surface area contributed by atoms with Crippen molar-refractivity contribution in [1.82, 2.24) is 0 Å². The predicted molar refractivity (Wildman–Crippen MR) is 152 cm³/mol. The molecule has 1 unspecified atom stereocenters. The topological polar surface area (TPSA) is 76.0 Å². The Morgan fingerprint density at radius 1 is 1.08 bits per heavy atom. The van der Waals surface area contributed by atoms with Crippen molar-refractivity contribution in [2.45, 2.75) is 59.2 Å². The average molecular weight is 535 g/mol. The summed E-state index contributed by atoms with van der Waals surface area (Å²) >= 11 is 0. The summed E-state index contributed by atoms with van der Waals surface area (Å²) < 4.78 is 26.0. The van der Waals surface area contributed by atoms with Gasteiger partial charge in [-0.25, -0.2) is 4.39 Å². The van der Waals surface area contributed by atoms with E-state index in [4.69, 9.17) is 14.6 Å². The molecule has 5 nitrogen and oxygen atoms in total. The first-order valence-electron chi connectivity index (χ1n) is 13.3. The molecule has 6 heteroatoms. The fraction of sp³-hybridized carbons (Fsp3) is 0.364. The number of aliphatic hydroxyl groups excluding tert-OH is 1. The van der Waals surface area contributed by atoms with Crippen LogP contribution in [-0.4, -0.2) is 23.3 Å². The van der Waals surface area contributed by atoms with Gasteiger partial charge in [-0.1, -0.05) is 64.0 Å². The fourth-order valence-corrected chi connectivity index (χ4v) is 3.90. The number of methoxy groups -OCH3 is 1. The highest BCUT2D eigenvalue weighted by molar-refractivity contribution is 5.70. The summed E-state index contributed by atoms with van der Waals surface area (Å²) in [5.74, 6) is 0.944. The van der Waals surface area contributed by atoms with Crippen LogP contribution in [0.3, 0.4) is 0 Å². The minimum atomic E-state index is -0.945. The Balaban J connectivity index is 0.000000960. The smallest absolute Gasteiger partial charge is 0.303 e. The summed E-state index contributed by atoms with van der Waals surface area (Å²) in [6.07, 6.45) is 4.17. The summed E-state index contributed by atoms with van der Waals surface area (Å²) in [6, 6.07) is 17.2. The highest BCUT2D eigenvalue weighted by Crippen LogP contribution is 2.41. The molecular weight excluding hydrogens is 495 g/mol. The molecule has 0 bridgehead atoms. The van der Waals surface area contributed by atoms with E-state index in [1.54, 1.807) is 30.3 Å². The van der Waals surface area contributed by atoms with E-state index in [2.05, 4.69) is 13.5 Å². The van der Waals surface area contributed by atoms with Gasteiger partial charge >= 0.3 is 5.97 Å². The van der Waals surface area contributed by atoms with Crippen LogP contribution < -0.4 is 9.47 Å². The molecule has 39 heavy (non-hydrogen) atoms. The van der Waals surface area contributed by atoms with Gasteiger partial charge in [-0.05, 0) is 71.0 Å². The number of halogens is 1. The Morgan fingerprint density at radius 2 is 1.79 bits per heavy atom. The van der Waals surface area contributed by atoms with Crippen LogP contribution in [0, 0.1) is 17.2 Å². The zero-order chi connectivity index (χ0) is 28.6. The van der Waals surface area contributed by atoms with Crippen molar-refractivity contribution in [2.24, 2.45) is 11.3 Å². The van der Waals surface area contributed by atoms with Gasteiger partial charge in [0, 0.05) is 17.4 Å². The Hall–Kier alpha value is -3.64. The first kappa shape index (κ1) is 29.9. The number of hydrogen-bond acceptors (Lipinski definition) is 4. The van der Waals surface area contributed by atoms with Crippen molar-refractivity contribution in [3.8, 4) is 22.6 Å². The van der Waals surface area contributed by atoms with Gasteiger partial charge in [0.25, 0.3) is 0 Å². The first-order valence-corrected chi connectivity index (χ1v) is 13.3. The molecule has 208 valence electrons.